The summed E-state index contributed by atoms with van der Waals surface area (Å²) in [6.07, 6.45) is -1.49. The predicted octanol–water partition coefficient (Wildman–Crippen LogP) is 1.02. The Balaban J connectivity index is 5.36. The molecule has 1 N–H and O–H groups in total. The van der Waals surface area contributed by atoms with Gasteiger partial charge in [0, 0.05) is 19.8 Å². The fraction of sp³-hybridized carbons (Fsp3) is 0.692. The van der Waals surface area contributed by atoms with E-state index in [-0.39, 0.29) is 12.8 Å². The molecule has 2 unspecified atom stereocenters. The largest absolute Gasteiger partial charge is 0.478 e. The van der Waals surface area contributed by atoms with Gasteiger partial charge in [0.1, 0.15) is 0 Å². The molecule has 0 heterocycles. The van der Waals surface area contributed by atoms with E-state index in [1.807, 2.05) is 0 Å². The van der Waals surface area contributed by atoms with Crippen LogP contribution in [0.15, 0.2) is 0 Å². The van der Waals surface area contributed by atoms with Gasteiger partial charge >= 0.3 is 23.9 Å². The molecule has 0 saturated heterocycles. The Hall–Kier alpha value is -2.12. The highest BCUT2D eigenvalue weighted by molar-refractivity contribution is 5.83. The van der Waals surface area contributed by atoms with Crippen molar-refractivity contribution in [2.24, 2.45) is 0 Å². The zero-order valence-electron chi connectivity index (χ0n) is 12.5. The molecule has 0 aliphatic rings. The molecule has 0 aromatic rings. The third-order valence-electron chi connectivity index (χ3n) is 2.45. The Kier molecular flexibility index (Phi) is 7.40. The molecule has 0 aliphatic carbocycles. The molecule has 0 saturated carbocycles. The van der Waals surface area contributed by atoms with Crippen molar-refractivity contribution in [1.29, 1.82) is 0 Å². The van der Waals surface area contributed by atoms with Crippen LogP contribution in [-0.2, 0) is 33.4 Å². The van der Waals surface area contributed by atoms with Crippen molar-refractivity contribution in [3.8, 4) is 0 Å². The average Bonchev–Trinajstić information content (AvgIpc) is 2.36. The Labute approximate surface area is 122 Å². The van der Waals surface area contributed by atoms with Crippen LogP contribution in [0.3, 0.4) is 0 Å². The summed E-state index contributed by atoms with van der Waals surface area (Å²) in [6, 6.07) is 0. The molecule has 0 aromatic carbocycles. The third kappa shape index (κ3) is 5.80. The van der Waals surface area contributed by atoms with Crippen LogP contribution in [-0.4, -0.2) is 40.9 Å². The number of hydrogen-bond donors (Lipinski definition) is 1. The standard InChI is InChI=1S/C13H20O8/c1-5-7-10(16)21-13(4,11(17)18)12(19-8(3)14)20-9(15)6-2/h12H,5-7H2,1-4H3,(H,17,18). The quantitative estimate of drug-likeness (QED) is 0.521. The van der Waals surface area contributed by atoms with E-state index in [0.29, 0.717) is 6.42 Å². The van der Waals surface area contributed by atoms with Crippen LogP contribution in [0.25, 0.3) is 0 Å². The maximum absolute atomic E-state index is 11.5. The number of carbonyl (C=O) groups is 4. The van der Waals surface area contributed by atoms with Crippen LogP contribution in [0, 0.1) is 0 Å². The highest BCUT2D eigenvalue weighted by Gasteiger charge is 2.50. The monoisotopic (exact) mass is 304 g/mol. The van der Waals surface area contributed by atoms with Gasteiger partial charge in [-0.05, 0) is 13.3 Å². The van der Waals surface area contributed by atoms with Crippen molar-refractivity contribution in [2.45, 2.75) is 58.8 Å². The summed E-state index contributed by atoms with van der Waals surface area (Å²) < 4.78 is 14.3. The zero-order chi connectivity index (χ0) is 16.6. The summed E-state index contributed by atoms with van der Waals surface area (Å²) in [7, 11) is 0. The number of carboxylic acids is 1. The van der Waals surface area contributed by atoms with E-state index in [1.54, 1.807) is 6.92 Å². The minimum absolute atomic E-state index is 0.0165. The molecule has 0 spiro atoms. The van der Waals surface area contributed by atoms with Crippen molar-refractivity contribution in [1.82, 2.24) is 0 Å². The summed E-state index contributed by atoms with van der Waals surface area (Å²) in [4.78, 5) is 45.3. The molecule has 0 radical (unpaired) electrons. The Morgan fingerprint density at radius 1 is 1.10 bits per heavy atom. The summed E-state index contributed by atoms with van der Waals surface area (Å²) in [5.74, 6) is -4.06. The van der Waals surface area contributed by atoms with E-state index < -0.39 is 35.8 Å². The molecule has 21 heavy (non-hydrogen) atoms. The number of carboxylic acid groups (broad SMARTS) is 1. The average molecular weight is 304 g/mol. The summed E-state index contributed by atoms with van der Waals surface area (Å²) in [5, 5.41) is 9.26. The first-order valence-electron chi connectivity index (χ1n) is 6.49. The fourth-order valence-electron chi connectivity index (χ4n) is 1.29. The first-order valence-corrected chi connectivity index (χ1v) is 6.49. The van der Waals surface area contributed by atoms with E-state index >= 15 is 0 Å². The number of esters is 3. The van der Waals surface area contributed by atoms with Crippen LogP contribution < -0.4 is 0 Å². The van der Waals surface area contributed by atoms with E-state index in [4.69, 9.17) is 9.47 Å². The van der Waals surface area contributed by atoms with Gasteiger partial charge in [0.15, 0.2) is 0 Å². The summed E-state index contributed by atoms with van der Waals surface area (Å²) in [6.45, 7) is 5.21. The Morgan fingerprint density at radius 3 is 2.05 bits per heavy atom. The maximum atomic E-state index is 11.5. The second-order valence-corrected chi connectivity index (χ2v) is 4.42. The van der Waals surface area contributed by atoms with Crippen molar-refractivity contribution < 1.29 is 38.5 Å². The second kappa shape index (κ2) is 8.23. The molecule has 0 aromatic heterocycles. The van der Waals surface area contributed by atoms with Crippen molar-refractivity contribution in [3.63, 3.8) is 0 Å². The van der Waals surface area contributed by atoms with Gasteiger partial charge in [-0.25, -0.2) is 4.79 Å². The van der Waals surface area contributed by atoms with Crippen LogP contribution in [0.4, 0.5) is 0 Å². The first-order chi connectivity index (χ1) is 9.67. The third-order valence-corrected chi connectivity index (χ3v) is 2.45. The van der Waals surface area contributed by atoms with Gasteiger partial charge in [-0.15, -0.1) is 0 Å². The molecule has 120 valence electrons. The molecule has 0 fully saturated rings. The summed E-state index contributed by atoms with van der Waals surface area (Å²) >= 11 is 0. The van der Waals surface area contributed by atoms with Gasteiger partial charge in [-0.1, -0.05) is 13.8 Å². The zero-order valence-corrected chi connectivity index (χ0v) is 12.5. The lowest BCUT2D eigenvalue weighted by atomic mass is 10.1. The number of aliphatic carboxylic acids is 1. The number of carbonyl (C=O) groups excluding carboxylic acids is 3. The van der Waals surface area contributed by atoms with Gasteiger partial charge < -0.3 is 19.3 Å². The number of ether oxygens (including phenoxy) is 3. The second-order valence-electron chi connectivity index (χ2n) is 4.42. The van der Waals surface area contributed by atoms with E-state index in [1.165, 1.54) is 6.92 Å². The van der Waals surface area contributed by atoms with Gasteiger partial charge in [0.05, 0.1) is 0 Å². The molecule has 0 amide bonds. The van der Waals surface area contributed by atoms with Crippen molar-refractivity contribution in [3.05, 3.63) is 0 Å². The highest BCUT2D eigenvalue weighted by atomic mass is 16.7. The maximum Gasteiger partial charge on any atom is 0.355 e. The van der Waals surface area contributed by atoms with E-state index in [0.717, 1.165) is 13.8 Å². The van der Waals surface area contributed by atoms with Crippen LogP contribution >= 0.6 is 0 Å². The highest BCUT2D eigenvalue weighted by Crippen LogP contribution is 2.23. The van der Waals surface area contributed by atoms with Gasteiger partial charge in [-0.3, -0.25) is 14.4 Å². The molecule has 8 nitrogen and oxygen atoms in total. The molecule has 0 bridgehead atoms. The minimum Gasteiger partial charge on any atom is -0.478 e. The van der Waals surface area contributed by atoms with Gasteiger partial charge in [-0.2, -0.15) is 0 Å². The SMILES string of the molecule is CCCC(=O)OC(C)(C(=O)O)C(OC(C)=O)OC(=O)CC. The van der Waals surface area contributed by atoms with E-state index in [2.05, 4.69) is 4.74 Å². The lowest BCUT2D eigenvalue weighted by molar-refractivity contribution is -0.239. The number of rotatable bonds is 8. The normalized spacial score (nSPS) is 14.5. The lowest BCUT2D eigenvalue weighted by Gasteiger charge is -2.31. The predicted molar refractivity (Wildman–Crippen MR) is 69.0 cm³/mol. The van der Waals surface area contributed by atoms with E-state index in [9.17, 15) is 24.3 Å². The topological polar surface area (TPSA) is 116 Å². The molecular weight excluding hydrogens is 284 g/mol. The van der Waals surface area contributed by atoms with Crippen molar-refractivity contribution >= 4 is 23.9 Å². The first kappa shape index (κ1) is 18.9. The van der Waals surface area contributed by atoms with Crippen LogP contribution in [0.1, 0.15) is 47.0 Å². The fourth-order valence-corrected chi connectivity index (χ4v) is 1.29. The van der Waals surface area contributed by atoms with Crippen LogP contribution in [0.2, 0.25) is 0 Å². The van der Waals surface area contributed by atoms with Gasteiger partial charge in [0.2, 0.25) is 0 Å². The Bertz CT molecular complexity index is 416. The molecule has 8 heteroatoms. The van der Waals surface area contributed by atoms with Crippen molar-refractivity contribution in [2.75, 3.05) is 0 Å². The number of hydrogen-bond acceptors (Lipinski definition) is 7. The minimum atomic E-state index is -2.32. The smallest absolute Gasteiger partial charge is 0.355 e. The summed E-state index contributed by atoms with van der Waals surface area (Å²) in [5.41, 5.74) is -2.32. The Morgan fingerprint density at radius 2 is 1.67 bits per heavy atom. The molecule has 0 rings (SSSR count). The molecular formula is C13H20O8. The lowest BCUT2D eigenvalue weighted by Crippen LogP contribution is -2.54. The molecule has 0 aliphatic heterocycles. The van der Waals surface area contributed by atoms with Crippen LogP contribution in [0.5, 0.6) is 0 Å². The van der Waals surface area contributed by atoms with Gasteiger partial charge in [0.25, 0.3) is 11.9 Å². The molecule has 2 atom stereocenters.